The Balaban J connectivity index is 0.00000256. The molecular formula is C20H25ClN6O3. The second-order valence-corrected chi connectivity index (χ2v) is 7.05. The number of halogens is 1. The van der Waals surface area contributed by atoms with Crippen LogP contribution in [0.4, 0.5) is 22.1 Å². The van der Waals surface area contributed by atoms with E-state index in [2.05, 4.69) is 20.2 Å². The van der Waals surface area contributed by atoms with E-state index in [4.69, 9.17) is 10.5 Å². The Morgan fingerprint density at radius 3 is 2.70 bits per heavy atom. The van der Waals surface area contributed by atoms with Crippen LogP contribution < -0.4 is 39.0 Å². The number of aromatic amines is 2. The molecule has 4 rings (SSSR count). The quantitative estimate of drug-likeness (QED) is 0.495. The fourth-order valence-corrected chi connectivity index (χ4v) is 3.87. The maximum atomic E-state index is 12.4. The molecule has 1 saturated heterocycles. The number of nitrogens with one attached hydrogen (secondary N) is 3. The standard InChI is InChI=1S/C20H24N6O3.ClH/c1-2-29-20(28)23-15-7-8-17(24-18(15)21)25-11-9-13(10-12-25)26-16-6-4-3-5-14(16)22-19(26)27;/h3-8,13H,2,9-12H2,1H3,(H2,21,24)(H,22,27)(H,23,28);1H. The molecule has 0 unspecified atom stereocenters. The van der Waals surface area contributed by atoms with Gasteiger partial charge in [0.25, 0.3) is 0 Å². The Bertz CT molecular complexity index is 1090. The number of para-hydroxylation sites is 2. The Kier molecular flexibility index (Phi) is 6.51. The van der Waals surface area contributed by atoms with Crippen molar-refractivity contribution >= 4 is 34.4 Å². The summed E-state index contributed by atoms with van der Waals surface area (Å²) in [5, 5.41) is 2.61. The summed E-state index contributed by atoms with van der Waals surface area (Å²) < 4.78 is 6.75. The summed E-state index contributed by atoms with van der Waals surface area (Å²) in [6.45, 7) is 3.61. The number of fused-ring (bicyclic) bond motifs is 1. The van der Waals surface area contributed by atoms with Crippen LogP contribution in [0.15, 0.2) is 41.2 Å². The van der Waals surface area contributed by atoms with Gasteiger partial charge in [0.1, 0.15) is 5.69 Å². The van der Waals surface area contributed by atoms with Gasteiger partial charge in [-0.3, -0.25) is 14.8 Å². The molecule has 1 aliphatic heterocycles. The third kappa shape index (κ3) is 4.20. The van der Waals surface area contributed by atoms with Crippen LogP contribution in [0.3, 0.4) is 0 Å². The van der Waals surface area contributed by atoms with Crippen molar-refractivity contribution in [2.75, 3.05) is 35.6 Å². The topological polar surface area (TPSA) is 120 Å². The largest absolute Gasteiger partial charge is 1.00 e. The summed E-state index contributed by atoms with van der Waals surface area (Å²) in [5.74, 6) is 1.24. The summed E-state index contributed by atoms with van der Waals surface area (Å²) in [7, 11) is 0. The summed E-state index contributed by atoms with van der Waals surface area (Å²) in [5.41, 5.74) is 8.29. The van der Waals surface area contributed by atoms with Gasteiger partial charge in [-0.15, -0.1) is 0 Å². The Morgan fingerprint density at radius 1 is 1.27 bits per heavy atom. The van der Waals surface area contributed by atoms with Gasteiger partial charge in [-0.25, -0.2) is 14.6 Å². The predicted molar refractivity (Wildman–Crippen MR) is 111 cm³/mol. The first kappa shape index (κ1) is 21.5. The molecule has 1 aliphatic rings. The highest BCUT2D eigenvalue weighted by Crippen LogP contribution is 2.27. The molecule has 0 radical (unpaired) electrons. The molecule has 3 heterocycles. The molecule has 0 bridgehead atoms. The zero-order valence-corrected chi connectivity index (χ0v) is 17.4. The van der Waals surface area contributed by atoms with E-state index in [1.807, 2.05) is 34.9 Å². The third-order valence-corrected chi connectivity index (χ3v) is 5.27. The Morgan fingerprint density at radius 2 is 2.00 bits per heavy atom. The molecule has 1 aromatic carbocycles. The van der Waals surface area contributed by atoms with Crippen molar-refractivity contribution in [1.29, 1.82) is 0 Å². The van der Waals surface area contributed by atoms with Crippen LogP contribution in [-0.2, 0) is 4.74 Å². The van der Waals surface area contributed by atoms with E-state index in [9.17, 15) is 9.59 Å². The number of imidazole rings is 1. The second kappa shape index (κ2) is 9.08. The van der Waals surface area contributed by atoms with Crippen LogP contribution in [0.1, 0.15) is 25.8 Å². The molecule has 5 N–H and O–H groups in total. The lowest BCUT2D eigenvalue weighted by Crippen LogP contribution is -3.00. The monoisotopic (exact) mass is 432 g/mol. The van der Waals surface area contributed by atoms with E-state index in [1.54, 1.807) is 13.0 Å². The van der Waals surface area contributed by atoms with Crippen LogP contribution >= 0.6 is 0 Å². The number of hydrogen-bond acceptors (Lipinski definition) is 5. The number of amides is 1. The normalized spacial score (nSPS) is 14.4. The predicted octanol–water partition coefficient (Wildman–Crippen LogP) is -0.860. The molecule has 160 valence electrons. The number of nitrogens with two attached hydrogens (primary N) is 1. The molecule has 1 fully saturated rings. The maximum absolute atomic E-state index is 12.4. The first-order valence-corrected chi connectivity index (χ1v) is 9.76. The van der Waals surface area contributed by atoms with Crippen molar-refractivity contribution in [3.05, 3.63) is 46.9 Å². The Hall–Kier alpha value is -3.20. The zero-order valence-electron chi connectivity index (χ0n) is 16.7. The van der Waals surface area contributed by atoms with Gasteiger partial charge in [0.15, 0.2) is 0 Å². The SMILES string of the molecule is CCOC(=O)Nc1ccc(N2CCC(n3c(=O)[nH]c4ccccc43)CC2)[nH+]c1N.[Cl-]. The van der Waals surface area contributed by atoms with Gasteiger partial charge in [0, 0.05) is 12.1 Å². The van der Waals surface area contributed by atoms with Gasteiger partial charge in [0.05, 0.1) is 30.7 Å². The van der Waals surface area contributed by atoms with Gasteiger partial charge >= 0.3 is 11.8 Å². The number of H-pyrrole nitrogens is 2. The average molecular weight is 433 g/mol. The fourth-order valence-electron chi connectivity index (χ4n) is 3.87. The lowest BCUT2D eigenvalue weighted by atomic mass is 10.0. The van der Waals surface area contributed by atoms with Gasteiger partial charge in [-0.1, -0.05) is 12.1 Å². The number of aromatic nitrogens is 3. The highest BCUT2D eigenvalue weighted by atomic mass is 35.5. The van der Waals surface area contributed by atoms with Crippen molar-refractivity contribution in [2.45, 2.75) is 25.8 Å². The number of ether oxygens (including phenoxy) is 1. The molecule has 0 spiro atoms. The molecule has 9 nitrogen and oxygen atoms in total. The van der Waals surface area contributed by atoms with E-state index in [-0.39, 0.29) is 24.1 Å². The van der Waals surface area contributed by atoms with Crippen LogP contribution in [0.2, 0.25) is 0 Å². The van der Waals surface area contributed by atoms with Crippen molar-refractivity contribution in [2.24, 2.45) is 0 Å². The molecule has 2 aromatic heterocycles. The minimum absolute atomic E-state index is 0. The van der Waals surface area contributed by atoms with E-state index in [0.29, 0.717) is 18.1 Å². The Labute approximate surface area is 179 Å². The minimum atomic E-state index is -0.537. The smallest absolute Gasteiger partial charge is 0.411 e. The van der Waals surface area contributed by atoms with Crippen LogP contribution in [0, 0.1) is 0 Å². The van der Waals surface area contributed by atoms with E-state index in [0.717, 1.165) is 42.8 Å². The van der Waals surface area contributed by atoms with Gasteiger partial charge < -0.3 is 27.9 Å². The summed E-state index contributed by atoms with van der Waals surface area (Å²) in [6.07, 6.45) is 1.15. The first-order chi connectivity index (χ1) is 14.1. The van der Waals surface area contributed by atoms with Crippen molar-refractivity contribution < 1.29 is 26.9 Å². The number of carbonyl (C=O) groups is 1. The maximum Gasteiger partial charge on any atom is 0.411 e. The highest BCUT2D eigenvalue weighted by Gasteiger charge is 2.27. The average Bonchev–Trinajstić information content (AvgIpc) is 3.05. The number of pyridine rings is 1. The molecular weight excluding hydrogens is 408 g/mol. The van der Waals surface area contributed by atoms with Crippen molar-refractivity contribution in [3.63, 3.8) is 0 Å². The van der Waals surface area contributed by atoms with Crippen LogP contribution in [0.5, 0.6) is 0 Å². The van der Waals surface area contributed by atoms with E-state index in [1.165, 1.54) is 0 Å². The minimum Gasteiger partial charge on any atom is -1.00 e. The molecule has 30 heavy (non-hydrogen) atoms. The molecule has 1 amide bonds. The fraction of sp³-hybridized carbons (Fsp3) is 0.350. The molecule has 0 saturated carbocycles. The number of piperidine rings is 1. The number of nitrogens with zero attached hydrogens (tertiary/aromatic N) is 2. The second-order valence-electron chi connectivity index (χ2n) is 7.05. The number of carbonyl (C=O) groups excluding carboxylic acids is 1. The van der Waals surface area contributed by atoms with E-state index >= 15 is 0 Å². The van der Waals surface area contributed by atoms with E-state index < -0.39 is 6.09 Å². The highest BCUT2D eigenvalue weighted by molar-refractivity contribution is 5.87. The van der Waals surface area contributed by atoms with Gasteiger partial charge in [-0.2, -0.15) is 0 Å². The lowest BCUT2D eigenvalue weighted by molar-refractivity contribution is -0.345. The molecule has 3 aromatic rings. The van der Waals surface area contributed by atoms with Gasteiger partial charge in [0.2, 0.25) is 11.6 Å². The summed E-state index contributed by atoms with van der Waals surface area (Å²) in [4.78, 5) is 32.3. The number of anilines is 3. The third-order valence-electron chi connectivity index (χ3n) is 5.27. The van der Waals surface area contributed by atoms with Gasteiger partial charge in [-0.05, 0) is 38.0 Å². The lowest BCUT2D eigenvalue weighted by Gasteiger charge is -2.30. The number of nitrogen functional groups attached to an aromatic ring is 1. The number of benzene rings is 1. The summed E-state index contributed by atoms with van der Waals surface area (Å²) in [6, 6.07) is 11.6. The van der Waals surface area contributed by atoms with Crippen LogP contribution in [-0.4, -0.2) is 35.3 Å². The van der Waals surface area contributed by atoms with Crippen molar-refractivity contribution in [3.8, 4) is 0 Å². The molecule has 0 atom stereocenters. The summed E-state index contributed by atoms with van der Waals surface area (Å²) >= 11 is 0. The van der Waals surface area contributed by atoms with Crippen molar-refractivity contribution in [1.82, 2.24) is 9.55 Å². The molecule has 10 heteroatoms. The van der Waals surface area contributed by atoms with Crippen LogP contribution in [0.25, 0.3) is 11.0 Å². The first-order valence-electron chi connectivity index (χ1n) is 9.76. The number of rotatable bonds is 4. The zero-order chi connectivity index (χ0) is 20.4. The number of hydrogen-bond donors (Lipinski definition) is 3. The molecule has 0 aliphatic carbocycles.